The summed E-state index contributed by atoms with van der Waals surface area (Å²) in [7, 11) is -3.04. The molecule has 104 valence electrons. The molecule has 0 amide bonds. The zero-order valence-corrected chi connectivity index (χ0v) is 13.2. The third-order valence-corrected chi connectivity index (χ3v) is 6.08. The predicted octanol–water partition coefficient (Wildman–Crippen LogP) is 2.59. The number of sulfone groups is 1. The highest BCUT2D eigenvalue weighted by atomic mass is 35.5. The minimum Gasteiger partial charge on any atom is -0.310 e. The Bertz CT molecular complexity index is 322. The molecule has 17 heavy (non-hydrogen) atoms. The fourth-order valence-corrected chi connectivity index (χ4v) is 2.79. The maximum absolute atomic E-state index is 11.9. The van der Waals surface area contributed by atoms with Gasteiger partial charge < -0.3 is 5.32 Å². The molecule has 1 N–H and O–H groups in total. The Morgan fingerprint density at radius 1 is 1.18 bits per heavy atom. The van der Waals surface area contributed by atoms with Gasteiger partial charge in [0.15, 0.2) is 9.84 Å². The highest BCUT2D eigenvalue weighted by Gasteiger charge is 2.29. The Balaban J connectivity index is 4.33. The molecular formula is C12H26ClNO2S. The van der Waals surface area contributed by atoms with E-state index in [1.165, 1.54) is 0 Å². The Labute approximate surface area is 111 Å². The monoisotopic (exact) mass is 283 g/mol. The number of hydrogen-bond donors (Lipinski definition) is 1. The molecule has 0 saturated carbocycles. The zero-order valence-electron chi connectivity index (χ0n) is 11.6. The van der Waals surface area contributed by atoms with Crippen LogP contribution in [0.4, 0.5) is 0 Å². The van der Waals surface area contributed by atoms with Gasteiger partial charge in [-0.2, -0.15) is 0 Å². The van der Waals surface area contributed by atoms with E-state index in [2.05, 4.69) is 19.2 Å². The van der Waals surface area contributed by atoms with Gasteiger partial charge in [-0.15, -0.1) is 11.6 Å². The van der Waals surface area contributed by atoms with Crippen molar-refractivity contribution in [3.8, 4) is 0 Å². The fourth-order valence-electron chi connectivity index (χ4n) is 1.39. The van der Waals surface area contributed by atoms with Gasteiger partial charge in [0.05, 0.1) is 10.5 Å². The van der Waals surface area contributed by atoms with E-state index in [-0.39, 0.29) is 11.3 Å². The third-order valence-electron chi connectivity index (χ3n) is 3.28. The Morgan fingerprint density at radius 2 is 1.71 bits per heavy atom. The molecule has 0 radical (unpaired) electrons. The van der Waals surface area contributed by atoms with Gasteiger partial charge in [0, 0.05) is 18.0 Å². The van der Waals surface area contributed by atoms with Crippen LogP contribution in [0, 0.1) is 0 Å². The van der Waals surface area contributed by atoms with Crippen LogP contribution in [0.5, 0.6) is 0 Å². The summed E-state index contributed by atoms with van der Waals surface area (Å²) in [6.45, 7) is 9.86. The number of nitrogens with one attached hydrogen (secondary N) is 1. The minimum atomic E-state index is -3.04. The van der Waals surface area contributed by atoms with Gasteiger partial charge >= 0.3 is 0 Å². The van der Waals surface area contributed by atoms with Crippen LogP contribution in [-0.2, 0) is 9.84 Å². The average molecular weight is 284 g/mol. The van der Waals surface area contributed by atoms with Crippen LogP contribution in [0.15, 0.2) is 0 Å². The van der Waals surface area contributed by atoms with Crippen molar-refractivity contribution in [1.29, 1.82) is 0 Å². The van der Waals surface area contributed by atoms with E-state index in [0.29, 0.717) is 12.4 Å². The molecule has 0 aromatic rings. The first-order valence-electron chi connectivity index (χ1n) is 6.11. The Morgan fingerprint density at radius 3 is 2.06 bits per heavy atom. The van der Waals surface area contributed by atoms with Crippen LogP contribution in [0.25, 0.3) is 0 Å². The second-order valence-electron chi connectivity index (χ2n) is 5.71. The summed E-state index contributed by atoms with van der Waals surface area (Å²) in [4.78, 5) is 0. The van der Waals surface area contributed by atoms with Gasteiger partial charge in [-0.1, -0.05) is 6.92 Å². The number of hydrogen-bond acceptors (Lipinski definition) is 3. The molecule has 5 heteroatoms. The molecule has 0 heterocycles. The molecule has 1 unspecified atom stereocenters. The molecule has 0 aliphatic carbocycles. The summed E-state index contributed by atoms with van der Waals surface area (Å²) >= 11 is 5.75. The lowest BCUT2D eigenvalue weighted by Crippen LogP contribution is -2.45. The maximum atomic E-state index is 11.9. The van der Waals surface area contributed by atoms with E-state index in [1.54, 1.807) is 20.8 Å². The lowest BCUT2D eigenvalue weighted by Gasteiger charge is -2.30. The van der Waals surface area contributed by atoms with Gasteiger partial charge in [0.2, 0.25) is 0 Å². The first-order chi connectivity index (χ1) is 7.58. The Hall–Kier alpha value is 0.200. The van der Waals surface area contributed by atoms with Crippen molar-refractivity contribution < 1.29 is 8.42 Å². The lowest BCUT2D eigenvalue weighted by atomic mass is 9.96. The average Bonchev–Trinajstić information content (AvgIpc) is 2.16. The van der Waals surface area contributed by atoms with Gasteiger partial charge in [0.25, 0.3) is 0 Å². The highest BCUT2D eigenvalue weighted by molar-refractivity contribution is 7.92. The second kappa shape index (κ2) is 6.39. The first kappa shape index (κ1) is 17.2. The van der Waals surface area contributed by atoms with Crippen molar-refractivity contribution in [2.75, 3.05) is 18.2 Å². The molecule has 0 bridgehead atoms. The van der Waals surface area contributed by atoms with E-state index in [9.17, 15) is 8.42 Å². The summed E-state index contributed by atoms with van der Waals surface area (Å²) in [5.74, 6) is 0.762. The van der Waals surface area contributed by atoms with Crippen molar-refractivity contribution in [3.63, 3.8) is 0 Å². The summed E-state index contributed by atoms with van der Waals surface area (Å²) < 4.78 is 23.2. The topological polar surface area (TPSA) is 46.2 Å². The molecule has 0 fully saturated rings. The molecule has 1 atom stereocenters. The second-order valence-corrected chi connectivity index (χ2v) is 8.95. The van der Waals surface area contributed by atoms with Crippen LogP contribution in [0.2, 0.25) is 0 Å². The number of halogens is 1. The lowest BCUT2D eigenvalue weighted by molar-refractivity contribution is 0.341. The number of rotatable bonds is 7. The van der Waals surface area contributed by atoms with E-state index in [1.807, 2.05) is 0 Å². The Kier molecular flexibility index (Phi) is 6.47. The van der Waals surface area contributed by atoms with Gasteiger partial charge in [-0.25, -0.2) is 8.42 Å². The summed E-state index contributed by atoms with van der Waals surface area (Å²) in [5, 5.41) is 3.31. The normalized spacial score (nSPS) is 16.8. The molecule has 0 rings (SSSR count). The van der Waals surface area contributed by atoms with E-state index in [0.717, 1.165) is 12.8 Å². The molecule has 0 aromatic carbocycles. The molecule has 3 nitrogen and oxygen atoms in total. The molecule has 0 aliphatic heterocycles. The van der Waals surface area contributed by atoms with Gasteiger partial charge in [0.1, 0.15) is 0 Å². The number of alkyl halides is 1. The van der Waals surface area contributed by atoms with Crippen LogP contribution < -0.4 is 5.32 Å². The SMILES string of the molecule is CCC(C)(CCCl)NCCS(=O)(=O)C(C)(C)C. The van der Waals surface area contributed by atoms with Crippen molar-refractivity contribution in [2.45, 2.75) is 57.7 Å². The third kappa shape index (κ3) is 5.58. The zero-order chi connectivity index (χ0) is 13.7. The van der Waals surface area contributed by atoms with Crippen LogP contribution in [0.3, 0.4) is 0 Å². The van der Waals surface area contributed by atoms with E-state index < -0.39 is 14.6 Å². The van der Waals surface area contributed by atoms with Crippen LogP contribution >= 0.6 is 11.6 Å². The van der Waals surface area contributed by atoms with Crippen molar-refractivity contribution in [2.24, 2.45) is 0 Å². The first-order valence-corrected chi connectivity index (χ1v) is 8.30. The highest BCUT2D eigenvalue weighted by Crippen LogP contribution is 2.17. The fraction of sp³-hybridized carbons (Fsp3) is 1.00. The molecule has 0 aromatic heterocycles. The van der Waals surface area contributed by atoms with Gasteiger partial charge in [-0.3, -0.25) is 0 Å². The van der Waals surface area contributed by atoms with Gasteiger partial charge in [-0.05, 0) is 40.5 Å². The predicted molar refractivity (Wildman–Crippen MR) is 75.6 cm³/mol. The summed E-state index contributed by atoms with van der Waals surface area (Å²) in [5.41, 5.74) is -0.0604. The van der Waals surface area contributed by atoms with Crippen LogP contribution in [0.1, 0.15) is 47.5 Å². The van der Waals surface area contributed by atoms with Crippen LogP contribution in [-0.4, -0.2) is 36.9 Å². The standard InChI is InChI=1S/C12H26ClNO2S/c1-6-12(5,7-8-13)14-9-10-17(15,16)11(2,3)4/h14H,6-10H2,1-5H3. The van der Waals surface area contributed by atoms with E-state index >= 15 is 0 Å². The minimum absolute atomic E-state index is 0.0604. The smallest absolute Gasteiger partial charge is 0.156 e. The molecular weight excluding hydrogens is 258 g/mol. The largest absolute Gasteiger partial charge is 0.310 e. The molecule has 0 saturated heterocycles. The molecule has 0 aliphatic rings. The molecule has 0 spiro atoms. The quantitative estimate of drug-likeness (QED) is 0.731. The summed E-state index contributed by atoms with van der Waals surface area (Å²) in [6.07, 6.45) is 1.79. The maximum Gasteiger partial charge on any atom is 0.156 e. The van der Waals surface area contributed by atoms with Crippen molar-refractivity contribution in [1.82, 2.24) is 5.32 Å². The van der Waals surface area contributed by atoms with Crippen molar-refractivity contribution >= 4 is 21.4 Å². The van der Waals surface area contributed by atoms with E-state index in [4.69, 9.17) is 11.6 Å². The summed E-state index contributed by atoms with van der Waals surface area (Å²) in [6, 6.07) is 0. The van der Waals surface area contributed by atoms with Crippen molar-refractivity contribution in [3.05, 3.63) is 0 Å².